The van der Waals surface area contributed by atoms with Gasteiger partial charge in [0.1, 0.15) is 11.2 Å². The van der Waals surface area contributed by atoms with Crippen molar-refractivity contribution in [2.24, 2.45) is 0 Å². The molecule has 1 aliphatic heterocycles. The molecule has 118 valence electrons. The predicted molar refractivity (Wildman–Crippen MR) is 88.7 cm³/mol. The molecule has 0 aliphatic carbocycles. The zero-order valence-electron chi connectivity index (χ0n) is 12.0. The zero-order chi connectivity index (χ0) is 14.7. The lowest BCUT2D eigenvalue weighted by molar-refractivity contribution is -0.128. The number of amides is 1. The van der Waals surface area contributed by atoms with E-state index in [9.17, 15) is 9.18 Å². The van der Waals surface area contributed by atoms with Crippen LogP contribution in [0.15, 0.2) is 18.2 Å². The Morgan fingerprint density at radius 2 is 2.19 bits per heavy atom. The molecule has 1 aromatic carbocycles. The summed E-state index contributed by atoms with van der Waals surface area (Å²) >= 11 is 7.65. The SMILES string of the molecule is CN(C)CCCN1C(=O)CSC1c1ccc(F)cc1Cl.Cl. The highest BCUT2D eigenvalue weighted by Crippen LogP contribution is 2.41. The van der Waals surface area contributed by atoms with Gasteiger partial charge >= 0.3 is 0 Å². The van der Waals surface area contributed by atoms with Gasteiger partial charge in [-0.15, -0.1) is 24.2 Å². The van der Waals surface area contributed by atoms with Gasteiger partial charge in [0.2, 0.25) is 5.91 Å². The van der Waals surface area contributed by atoms with Crippen LogP contribution >= 0.6 is 35.8 Å². The summed E-state index contributed by atoms with van der Waals surface area (Å²) in [6, 6.07) is 4.37. The lowest BCUT2D eigenvalue weighted by atomic mass is 10.2. The number of carbonyl (C=O) groups excluding carboxylic acids is 1. The van der Waals surface area contributed by atoms with E-state index in [4.69, 9.17) is 11.6 Å². The van der Waals surface area contributed by atoms with Crippen molar-refractivity contribution in [1.29, 1.82) is 0 Å². The Labute approximate surface area is 140 Å². The van der Waals surface area contributed by atoms with Crippen LogP contribution in [0.4, 0.5) is 4.39 Å². The lowest BCUT2D eigenvalue weighted by Gasteiger charge is -2.25. The van der Waals surface area contributed by atoms with Crippen molar-refractivity contribution in [3.8, 4) is 0 Å². The maximum atomic E-state index is 13.1. The maximum Gasteiger partial charge on any atom is 0.233 e. The molecule has 1 atom stereocenters. The zero-order valence-corrected chi connectivity index (χ0v) is 14.4. The van der Waals surface area contributed by atoms with Crippen LogP contribution in [-0.4, -0.2) is 48.6 Å². The second-order valence-corrected chi connectivity index (χ2v) is 6.55. The molecule has 1 amide bonds. The van der Waals surface area contributed by atoms with Crippen LogP contribution in [-0.2, 0) is 4.79 Å². The highest BCUT2D eigenvalue weighted by Gasteiger charge is 2.33. The topological polar surface area (TPSA) is 23.6 Å². The third kappa shape index (κ3) is 4.74. The Balaban J connectivity index is 0.00000220. The van der Waals surface area contributed by atoms with E-state index in [0.717, 1.165) is 18.5 Å². The Morgan fingerprint density at radius 3 is 2.81 bits per heavy atom. The highest BCUT2D eigenvalue weighted by atomic mass is 35.5. The number of hydrogen-bond donors (Lipinski definition) is 0. The molecule has 2 rings (SSSR count). The van der Waals surface area contributed by atoms with Crippen molar-refractivity contribution in [1.82, 2.24) is 9.80 Å². The smallest absolute Gasteiger partial charge is 0.233 e. The molecular weight excluding hydrogens is 334 g/mol. The molecule has 0 bridgehead atoms. The van der Waals surface area contributed by atoms with Gasteiger partial charge in [-0.25, -0.2) is 4.39 Å². The fourth-order valence-electron chi connectivity index (χ4n) is 2.21. The van der Waals surface area contributed by atoms with Crippen molar-refractivity contribution < 1.29 is 9.18 Å². The molecule has 7 heteroatoms. The first-order chi connectivity index (χ1) is 9.49. The second kappa shape index (κ2) is 8.22. The summed E-state index contributed by atoms with van der Waals surface area (Å²) in [5.41, 5.74) is 0.814. The molecule has 1 aliphatic rings. The minimum Gasteiger partial charge on any atom is -0.326 e. The molecule has 1 aromatic rings. The maximum absolute atomic E-state index is 13.1. The van der Waals surface area contributed by atoms with E-state index in [0.29, 0.717) is 17.3 Å². The Bertz CT molecular complexity index is 502. The molecule has 1 heterocycles. The summed E-state index contributed by atoms with van der Waals surface area (Å²) in [6.45, 7) is 1.63. The van der Waals surface area contributed by atoms with Gasteiger partial charge < -0.3 is 9.80 Å². The summed E-state index contributed by atoms with van der Waals surface area (Å²) in [5, 5.41) is 0.285. The van der Waals surface area contributed by atoms with Gasteiger partial charge in [0.15, 0.2) is 0 Å². The van der Waals surface area contributed by atoms with Gasteiger partial charge in [-0.2, -0.15) is 0 Å². The van der Waals surface area contributed by atoms with Gasteiger partial charge in [-0.1, -0.05) is 17.7 Å². The van der Waals surface area contributed by atoms with Crippen molar-refractivity contribution in [2.45, 2.75) is 11.8 Å². The number of rotatable bonds is 5. The number of thioether (sulfide) groups is 1. The van der Waals surface area contributed by atoms with Gasteiger partial charge in [0.05, 0.1) is 5.75 Å². The van der Waals surface area contributed by atoms with Crippen LogP contribution in [0.3, 0.4) is 0 Å². The molecule has 21 heavy (non-hydrogen) atoms. The summed E-state index contributed by atoms with van der Waals surface area (Å²) in [6.07, 6.45) is 0.911. The standard InChI is InChI=1S/C14H18ClFN2OS.ClH/c1-17(2)6-3-7-18-13(19)9-20-14(18)11-5-4-10(16)8-12(11)15;/h4-5,8,14H,3,6-7,9H2,1-2H3;1H. The van der Waals surface area contributed by atoms with E-state index in [2.05, 4.69) is 4.90 Å². The van der Waals surface area contributed by atoms with Crippen LogP contribution < -0.4 is 0 Å². The van der Waals surface area contributed by atoms with E-state index in [-0.39, 0.29) is 29.5 Å². The first kappa shape index (κ1) is 18.6. The van der Waals surface area contributed by atoms with Gasteiger partial charge in [-0.05, 0) is 39.2 Å². The summed E-state index contributed by atoms with van der Waals surface area (Å²) in [4.78, 5) is 15.9. The minimum absolute atomic E-state index is 0. The first-order valence-corrected chi connectivity index (χ1v) is 7.92. The van der Waals surface area contributed by atoms with E-state index < -0.39 is 0 Å². The van der Waals surface area contributed by atoms with E-state index in [1.54, 1.807) is 17.8 Å². The molecular formula is C14H19Cl2FN2OS. The molecule has 0 radical (unpaired) electrons. The molecule has 0 spiro atoms. The van der Waals surface area contributed by atoms with E-state index in [1.807, 2.05) is 19.0 Å². The molecule has 3 nitrogen and oxygen atoms in total. The number of benzene rings is 1. The Hall–Kier alpha value is -0.490. The van der Waals surface area contributed by atoms with Crippen LogP contribution in [0, 0.1) is 5.82 Å². The van der Waals surface area contributed by atoms with Crippen LogP contribution in [0.1, 0.15) is 17.4 Å². The Kier molecular flexibility index (Phi) is 7.27. The van der Waals surface area contributed by atoms with Crippen LogP contribution in [0.25, 0.3) is 0 Å². The van der Waals surface area contributed by atoms with Gasteiger partial charge in [0.25, 0.3) is 0 Å². The average molecular weight is 353 g/mol. The number of halogens is 3. The highest BCUT2D eigenvalue weighted by molar-refractivity contribution is 8.00. The van der Waals surface area contributed by atoms with Crippen LogP contribution in [0.2, 0.25) is 5.02 Å². The summed E-state index contributed by atoms with van der Waals surface area (Å²) in [7, 11) is 4.02. The van der Waals surface area contributed by atoms with Crippen molar-refractivity contribution in [3.05, 3.63) is 34.6 Å². The lowest BCUT2D eigenvalue weighted by Crippen LogP contribution is -2.31. The van der Waals surface area contributed by atoms with Crippen molar-refractivity contribution >= 4 is 41.7 Å². The summed E-state index contributed by atoms with van der Waals surface area (Å²) in [5.74, 6) is 0.228. The molecule has 0 saturated carbocycles. The van der Waals surface area contributed by atoms with Crippen molar-refractivity contribution in [3.63, 3.8) is 0 Å². The molecule has 1 fully saturated rings. The first-order valence-electron chi connectivity index (χ1n) is 6.50. The molecule has 1 saturated heterocycles. The third-order valence-electron chi connectivity index (χ3n) is 3.20. The van der Waals surface area contributed by atoms with Gasteiger partial charge in [0, 0.05) is 17.1 Å². The average Bonchev–Trinajstić information content (AvgIpc) is 2.71. The molecule has 0 N–H and O–H groups in total. The number of hydrogen-bond acceptors (Lipinski definition) is 3. The quantitative estimate of drug-likeness (QED) is 0.810. The summed E-state index contributed by atoms with van der Waals surface area (Å²) < 4.78 is 13.1. The fourth-order valence-corrected chi connectivity index (χ4v) is 3.80. The van der Waals surface area contributed by atoms with Crippen molar-refractivity contribution in [2.75, 3.05) is 32.9 Å². The second-order valence-electron chi connectivity index (χ2n) is 5.07. The van der Waals surface area contributed by atoms with Gasteiger partial charge in [-0.3, -0.25) is 4.79 Å². The largest absolute Gasteiger partial charge is 0.326 e. The van der Waals surface area contributed by atoms with E-state index >= 15 is 0 Å². The minimum atomic E-state index is -0.354. The fraction of sp³-hybridized carbons (Fsp3) is 0.500. The predicted octanol–water partition coefficient (Wildman–Crippen LogP) is 3.43. The number of nitrogens with zero attached hydrogens (tertiary/aromatic N) is 2. The van der Waals surface area contributed by atoms with E-state index in [1.165, 1.54) is 12.1 Å². The third-order valence-corrected chi connectivity index (χ3v) is 4.77. The normalized spacial score (nSPS) is 18.2. The number of carbonyl (C=O) groups is 1. The molecule has 1 unspecified atom stereocenters. The van der Waals surface area contributed by atoms with Crippen LogP contribution in [0.5, 0.6) is 0 Å². The molecule has 0 aromatic heterocycles. The Morgan fingerprint density at radius 1 is 1.48 bits per heavy atom. The monoisotopic (exact) mass is 352 g/mol.